The molecule has 0 bridgehead atoms. The summed E-state index contributed by atoms with van der Waals surface area (Å²) in [5, 5.41) is 17.2. The van der Waals surface area contributed by atoms with Gasteiger partial charge in [0, 0.05) is 5.39 Å². The molecule has 2 heterocycles. The number of para-hydroxylation sites is 1. The quantitative estimate of drug-likeness (QED) is 0.569. The van der Waals surface area contributed by atoms with Crippen molar-refractivity contribution in [2.75, 3.05) is 0 Å². The standard InChI is InChI=1S/C21H23N5O4/c1-11(2)21(4,20(22)30)24-18(27)16-15(19(28)29)10-14-12(3)25-26(17(14)23-16)13-8-6-5-7-9-13/h5-11H,1-4H3,(H2,22,30)(H,24,27)(H,28,29)/t21-/m0/s1. The van der Waals surface area contributed by atoms with E-state index in [9.17, 15) is 19.5 Å². The van der Waals surface area contributed by atoms with Gasteiger partial charge in [-0.05, 0) is 38.0 Å². The Balaban J connectivity index is 2.20. The molecule has 1 atom stereocenters. The third-order valence-corrected chi connectivity index (χ3v) is 5.33. The molecule has 3 rings (SSSR count). The van der Waals surface area contributed by atoms with Crippen LogP contribution in [-0.4, -0.2) is 43.2 Å². The van der Waals surface area contributed by atoms with Crippen LogP contribution in [0.25, 0.3) is 16.7 Å². The molecule has 2 amide bonds. The highest BCUT2D eigenvalue weighted by Gasteiger charge is 2.38. The fourth-order valence-corrected chi connectivity index (χ4v) is 3.05. The van der Waals surface area contributed by atoms with E-state index in [-0.39, 0.29) is 17.2 Å². The Morgan fingerprint density at radius 3 is 2.37 bits per heavy atom. The smallest absolute Gasteiger partial charge is 0.338 e. The van der Waals surface area contributed by atoms with Gasteiger partial charge in [-0.1, -0.05) is 32.0 Å². The molecule has 2 aromatic heterocycles. The molecule has 3 aromatic rings. The number of amides is 2. The summed E-state index contributed by atoms with van der Waals surface area (Å²) in [5.74, 6) is -3.17. The number of benzene rings is 1. The molecule has 0 aliphatic rings. The Labute approximate surface area is 172 Å². The third kappa shape index (κ3) is 3.49. The van der Waals surface area contributed by atoms with E-state index in [1.165, 1.54) is 13.0 Å². The molecule has 0 saturated heterocycles. The summed E-state index contributed by atoms with van der Waals surface area (Å²) in [5.41, 5.74) is 5.12. The van der Waals surface area contributed by atoms with E-state index in [1.807, 2.05) is 30.3 Å². The molecule has 30 heavy (non-hydrogen) atoms. The van der Waals surface area contributed by atoms with Crippen molar-refractivity contribution in [2.45, 2.75) is 33.2 Å². The summed E-state index contributed by atoms with van der Waals surface area (Å²) in [4.78, 5) is 41.2. The van der Waals surface area contributed by atoms with Gasteiger partial charge in [0.25, 0.3) is 5.91 Å². The first-order chi connectivity index (χ1) is 14.1. The van der Waals surface area contributed by atoms with Gasteiger partial charge >= 0.3 is 5.97 Å². The molecular formula is C21H23N5O4. The number of nitrogens with two attached hydrogens (primary N) is 1. The number of hydrogen-bond donors (Lipinski definition) is 3. The maximum absolute atomic E-state index is 13.0. The third-order valence-electron chi connectivity index (χ3n) is 5.33. The first-order valence-electron chi connectivity index (χ1n) is 9.37. The van der Waals surface area contributed by atoms with E-state index in [2.05, 4.69) is 15.4 Å². The summed E-state index contributed by atoms with van der Waals surface area (Å²) >= 11 is 0. The van der Waals surface area contributed by atoms with Crippen molar-refractivity contribution in [3.63, 3.8) is 0 Å². The van der Waals surface area contributed by atoms with Crippen molar-refractivity contribution in [3.8, 4) is 5.69 Å². The van der Waals surface area contributed by atoms with Crippen LogP contribution in [0.2, 0.25) is 0 Å². The molecule has 4 N–H and O–H groups in total. The van der Waals surface area contributed by atoms with Crippen molar-refractivity contribution >= 4 is 28.8 Å². The number of pyridine rings is 1. The predicted molar refractivity (Wildman–Crippen MR) is 110 cm³/mol. The number of nitrogens with zero attached hydrogens (tertiary/aromatic N) is 3. The van der Waals surface area contributed by atoms with Gasteiger partial charge in [-0.3, -0.25) is 9.59 Å². The maximum Gasteiger partial charge on any atom is 0.338 e. The number of fused-ring (bicyclic) bond motifs is 1. The summed E-state index contributed by atoms with van der Waals surface area (Å²) in [6.45, 7) is 6.69. The number of aryl methyl sites for hydroxylation is 1. The molecule has 0 radical (unpaired) electrons. The van der Waals surface area contributed by atoms with Crippen LogP contribution in [0.4, 0.5) is 0 Å². The average molecular weight is 409 g/mol. The van der Waals surface area contributed by atoms with Crippen molar-refractivity contribution in [1.82, 2.24) is 20.1 Å². The van der Waals surface area contributed by atoms with Crippen LogP contribution in [0.1, 0.15) is 47.3 Å². The number of nitrogens with one attached hydrogen (secondary N) is 1. The van der Waals surface area contributed by atoms with Gasteiger partial charge in [-0.2, -0.15) is 5.10 Å². The van der Waals surface area contributed by atoms with Gasteiger partial charge in [0.05, 0.1) is 16.9 Å². The lowest BCUT2D eigenvalue weighted by molar-refractivity contribution is -0.125. The van der Waals surface area contributed by atoms with Crippen molar-refractivity contribution in [2.24, 2.45) is 11.7 Å². The summed E-state index contributed by atoms with van der Waals surface area (Å²) in [7, 11) is 0. The lowest BCUT2D eigenvalue weighted by Gasteiger charge is -2.31. The molecule has 0 fully saturated rings. The second kappa shape index (κ2) is 7.58. The minimum Gasteiger partial charge on any atom is -0.478 e. The number of carbonyl (C=O) groups is 3. The normalized spacial score (nSPS) is 13.2. The first-order valence-corrected chi connectivity index (χ1v) is 9.37. The van der Waals surface area contributed by atoms with Crippen LogP contribution in [0.15, 0.2) is 36.4 Å². The monoisotopic (exact) mass is 409 g/mol. The number of carboxylic acid groups (broad SMARTS) is 1. The Bertz CT molecular complexity index is 1150. The molecular weight excluding hydrogens is 386 g/mol. The first kappa shape index (κ1) is 21.0. The van der Waals surface area contributed by atoms with E-state index in [0.717, 1.165) is 0 Å². The number of hydrogen-bond acceptors (Lipinski definition) is 5. The highest BCUT2D eigenvalue weighted by Crippen LogP contribution is 2.24. The molecule has 0 aliphatic carbocycles. The van der Waals surface area contributed by atoms with Gasteiger partial charge in [-0.25, -0.2) is 14.5 Å². The van der Waals surface area contributed by atoms with E-state index in [1.54, 1.807) is 25.5 Å². The van der Waals surface area contributed by atoms with Crippen LogP contribution < -0.4 is 11.1 Å². The summed E-state index contributed by atoms with van der Waals surface area (Å²) < 4.78 is 1.54. The highest BCUT2D eigenvalue weighted by molar-refractivity contribution is 6.07. The van der Waals surface area contributed by atoms with Gasteiger partial charge in [0.15, 0.2) is 5.65 Å². The molecule has 1 aromatic carbocycles. The topological polar surface area (TPSA) is 140 Å². The highest BCUT2D eigenvalue weighted by atomic mass is 16.4. The van der Waals surface area contributed by atoms with Crippen LogP contribution in [0.3, 0.4) is 0 Å². The molecule has 0 saturated carbocycles. The van der Waals surface area contributed by atoms with E-state index in [0.29, 0.717) is 22.4 Å². The molecule has 9 nitrogen and oxygen atoms in total. The zero-order chi connectivity index (χ0) is 22.2. The lowest BCUT2D eigenvalue weighted by Crippen LogP contribution is -2.58. The fourth-order valence-electron chi connectivity index (χ4n) is 3.05. The van der Waals surface area contributed by atoms with Gasteiger partial charge in [0.1, 0.15) is 11.2 Å². The predicted octanol–water partition coefficient (Wildman–Crippen LogP) is 2.06. The van der Waals surface area contributed by atoms with Crippen molar-refractivity contribution in [1.29, 1.82) is 0 Å². The fraction of sp³-hybridized carbons (Fsp3) is 0.286. The largest absolute Gasteiger partial charge is 0.478 e. The van der Waals surface area contributed by atoms with Crippen molar-refractivity contribution < 1.29 is 19.5 Å². The Hall–Kier alpha value is -3.75. The van der Waals surface area contributed by atoms with Crippen LogP contribution >= 0.6 is 0 Å². The molecule has 156 valence electrons. The van der Waals surface area contributed by atoms with Crippen molar-refractivity contribution in [3.05, 3.63) is 53.3 Å². The average Bonchev–Trinajstić information content (AvgIpc) is 3.03. The van der Waals surface area contributed by atoms with Crippen LogP contribution in [0, 0.1) is 12.8 Å². The lowest BCUT2D eigenvalue weighted by atomic mass is 9.87. The zero-order valence-electron chi connectivity index (χ0n) is 17.1. The van der Waals surface area contributed by atoms with Gasteiger partial charge < -0.3 is 16.2 Å². The minimum atomic E-state index is -1.38. The second-order valence-corrected chi connectivity index (χ2v) is 7.57. The minimum absolute atomic E-state index is 0.286. The zero-order valence-corrected chi connectivity index (χ0v) is 17.1. The van der Waals surface area contributed by atoms with Gasteiger partial charge in [-0.15, -0.1) is 0 Å². The summed E-state index contributed by atoms with van der Waals surface area (Å²) in [6, 6.07) is 10.5. The van der Waals surface area contributed by atoms with E-state index in [4.69, 9.17) is 5.73 Å². The molecule has 0 unspecified atom stereocenters. The number of primary amides is 1. The SMILES string of the molecule is Cc1nn(-c2ccccc2)c2nc(C(=O)N[C@](C)(C(N)=O)C(C)C)c(C(=O)O)cc12. The maximum atomic E-state index is 13.0. The number of carboxylic acids is 1. The number of aromatic nitrogens is 3. The Morgan fingerprint density at radius 2 is 1.83 bits per heavy atom. The second-order valence-electron chi connectivity index (χ2n) is 7.57. The van der Waals surface area contributed by atoms with Crippen LogP contribution in [-0.2, 0) is 4.79 Å². The molecule has 0 aliphatic heterocycles. The number of aromatic carboxylic acids is 1. The van der Waals surface area contributed by atoms with Crippen LogP contribution in [0.5, 0.6) is 0 Å². The number of carbonyl (C=O) groups excluding carboxylic acids is 2. The van der Waals surface area contributed by atoms with E-state index >= 15 is 0 Å². The van der Waals surface area contributed by atoms with E-state index < -0.39 is 23.3 Å². The summed E-state index contributed by atoms with van der Waals surface area (Å²) in [6.07, 6.45) is 0. The Morgan fingerprint density at radius 1 is 1.20 bits per heavy atom. The molecule has 0 spiro atoms. The number of rotatable bonds is 6. The molecule has 9 heteroatoms. The Kier molecular flexibility index (Phi) is 5.30. The van der Waals surface area contributed by atoms with Gasteiger partial charge in [0.2, 0.25) is 5.91 Å².